The number of nitrogens with zero attached hydrogens (tertiary/aromatic N) is 2. The summed E-state index contributed by atoms with van der Waals surface area (Å²) in [5.74, 6) is 1.52. The molecule has 1 aromatic carbocycles. The van der Waals surface area contributed by atoms with Gasteiger partial charge in [0.1, 0.15) is 6.10 Å². The topological polar surface area (TPSA) is 48.9 Å². The summed E-state index contributed by atoms with van der Waals surface area (Å²) < 4.78 is 19.3. The van der Waals surface area contributed by atoms with Crippen LogP contribution in [0.15, 0.2) is 29.3 Å². The van der Waals surface area contributed by atoms with Crippen molar-refractivity contribution in [1.29, 1.82) is 0 Å². The lowest BCUT2D eigenvalue weighted by molar-refractivity contribution is 0.213. The van der Waals surface area contributed by atoms with Crippen LogP contribution in [-0.2, 0) is 0 Å². The van der Waals surface area contributed by atoms with Crippen LogP contribution in [0.3, 0.4) is 0 Å². The number of para-hydroxylation sites is 1. The van der Waals surface area contributed by atoms with Gasteiger partial charge in [0.2, 0.25) is 0 Å². The highest BCUT2D eigenvalue weighted by atomic mass is 19.1. The molecule has 5 nitrogen and oxygen atoms in total. The number of piperidine rings is 1. The van der Waals surface area contributed by atoms with Crippen molar-refractivity contribution in [2.24, 2.45) is 10.9 Å². The summed E-state index contributed by atoms with van der Waals surface area (Å²) in [5, 5.41) is 6.66. The van der Waals surface area contributed by atoms with Crippen molar-refractivity contribution in [3.63, 3.8) is 0 Å². The number of aliphatic imine (C=N–C) groups is 1. The molecule has 0 radical (unpaired) electrons. The number of ether oxygens (including phenoxy) is 1. The van der Waals surface area contributed by atoms with Gasteiger partial charge in [0.15, 0.2) is 17.5 Å². The number of hydrogen-bond acceptors (Lipinski definition) is 3. The third-order valence-corrected chi connectivity index (χ3v) is 4.70. The maximum absolute atomic E-state index is 13.6. The molecule has 1 aliphatic heterocycles. The van der Waals surface area contributed by atoms with Crippen LogP contribution in [0.4, 0.5) is 4.39 Å². The molecule has 0 aliphatic carbocycles. The van der Waals surface area contributed by atoms with E-state index in [2.05, 4.69) is 27.6 Å². The summed E-state index contributed by atoms with van der Waals surface area (Å²) in [6.45, 7) is 8.54. The number of hydrogen-bond donors (Lipinski definition) is 2. The molecule has 0 spiro atoms. The van der Waals surface area contributed by atoms with Crippen LogP contribution in [0.1, 0.15) is 33.1 Å². The average molecular weight is 365 g/mol. The predicted molar refractivity (Wildman–Crippen MR) is 105 cm³/mol. The summed E-state index contributed by atoms with van der Waals surface area (Å²) in [4.78, 5) is 6.97. The number of guanidine groups is 1. The zero-order chi connectivity index (χ0) is 18.8. The number of benzene rings is 1. The Morgan fingerprint density at radius 2 is 2.04 bits per heavy atom. The summed E-state index contributed by atoms with van der Waals surface area (Å²) in [5.41, 5.74) is 0. The number of nitrogens with one attached hydrogen (secondary N) is 2. The smallest absolute Gasteiger partial charge is 0.191 e. The average Bonchev–Trinajstić information content (AvgIpc) is 2.63. The fraction of sp³-hybridized carbons (Fsp3) is 0.650. The van der Waals surface area contributed by atoms with Gasteiger partial charge in [-0.15, -0.1) is 0 Å². The molecule has 0 saturated carbocycles. The third-order valence-electron chi connectivity index (χ3n) is 4.70. The molecule has 1 unspecified atom stereocenters. The molecule has 0 aromatic heterocycles. The highest BCUT2D eigenvalue weighted by Crippen LogP contribution is 2.19. The van der Waals surface area contributed by atoms with Gasteiger partial charge in [-0.25, -0.2) is 9.38 Å². The lowest BCUT2D eigenvalue weighted by atomic mass is 9.94. The van der Waals surface area contributed by atoms with E-state index in [1.54, 1.807) is 18.2 Å². The molecule has 6 heteroatoms. The zero-order valence-corrected chi connectivity index (χ0v) is 16.3. The quantitative estimate of drug-likeness (QED) is 0.550. The van der Waals surface area contributed by atoms with Crippen molar-refractivity contribution in [2.75, 3.05) is 39.8 Å². The van der Waals surface area contributed by atoms with E-state index in [9.17, 15) is 4.39 Å². The Kier molecular flexibility index (Phi) is 8.68. The molecule has 2 rings (SSSR count). The van der Waals surface area contributed by atoms with Crippen molar-refractivity contribution in [3.8, 4) is 5.75 Å². The largest absolute Gasteiger partial charge is 0.486 e. The first-order chi connectivity index (χ1) is 12.6. The van der Waals surface area contributed by atoms with E-state index in [0.29, 0.717) is 6.54 Å². The molecular formula is C20H33FN4O. The summed E-state index contributed by atoms with van der Waals surface area (Å²) in [7, 11) is 2.19. The Morgan fingerprint density at radius 3 is 2.73 bits per heavy atom. The van der Waals surface area contributed by atoms with E-state index < -0.39 is 0 Å². The zero-order valence-electron chi connectivity index (χ0n) is 16.3. The van der Waals surface area contributed by atoms with Crippen molar-refractivity contribution in [2.45, 2.75) is 39.2 Å². The highest BCUT2D eigenvalue weighted by molar-refractivity contribution is 5.79. The molecule has 1 atom stereocenters. The molecule has 1 fully saturated rings. The normalized spacial score (nSPS) is 17.8. The van der Waals surface area contributed by atoms with E-state index in [1.807, 2.05) is 13.8 Å². The van der Waals surface area contributed by atoms with Gasteiger partial charge in [-0.05, 0) is 71.3 Å². The van der Waals surface area contributed by atoms with E-state index in [0.717, 1.165) is 25.0 Å². The molecule has 1 aromatic rings. The van der Waals surface area contributed by atoms with E-state index in [-0.39, 0.29) is 17.7 Å². The summed E-state index contributed by atoms with van der Waals surface area (Å²) >= 11 is 0. The Hall–Kier alpha value is -1.82. The Labute approximate surface area is 157 Å². The molecule has 1 aliphatic rings. The van der Waals surface area contributed by atoms with E-state index in [4.69, 9.17) is 4.74 Å². The van der Waals surface area contributed by atoms with Crippen LogP contribution in [-0.4, -0.2) is 56.7 Å². The lowest BCUT2D eigenvalue weighted by Crippen LogP contribution is -2.39. The van der Waals surface area contributed by atoms with Crippen LogP contribution >= 0.6 is 0 Å². The van der Waals surface area contributed by atoms with Crippen LogP contribution in [0.2, 0.25) is 0 Å². The van der Waals surface area contributed by atoms with Gasteiger partial charge in [-0.1, -0.05) is 12.1 Å². The van der Waals surface area contributed by atoms with Gasteiger partial charge in [0.05, 0.1) is 6.54 Å². The fourth-order valence-corrected chi connectivity index (χ4v) is 3.10. The van der Waals surface area contributed by atoms with Crippen molar-refractivity contribution in [3.05, 3.63) is 30.1 Å². The molecule has 146 valence electrons. The van der Waals surface area contributed by atoms with Gasteiger partial charge in [0.25, 0.3) is 0 Å². The minimum absolute atomic E-state index is 0.198. The van der Waals surface area contributed by atoms with Gasteiger partial charge in [-0.2, -0.15) is 0 Å². The van der Waals surface area contributed by atoms with Crippen molar-refractivity contribution in [1.82, 2.24) is 15.5 Å². The SMILES string of the molecule is CCNC(=NCC(C)Oc1ccccc1F)NCCC1CCN(C)CC1. The second kappa shape index (κ2) is 11.0. The first kappa shape index (κ1) is 20.5. The standard InChI is InChI=1S/C20H33FN4O/c1-4-22-20(23-12-9-17-10-13-25(3)14-11-17)24-15-16(2)26-19-8-6-5-7-18(19)21/h5-8,16-17H,4,9-15H2,1-3H3,(H2,22,23,24). The first-order valence-corrected chi connectivity index (χ1v) is 9.70. The van der Waals surface area contributed by atoms with Crippen LogP contribution < -0.4 is 15.4 Å². The molecule has 0 bridgehead atoms. The van der Waals surface area contributed by atoms with Crippen LogP contribution in [0.25, 0.3) is 0 Å². The minimum Gasteiger partial charge on any atom is -0.486 e. The first-order valence-electron chi connectivity index (χ1n) is 9.70. The van der Waals surface area contributed by atoms with Crippen molar-refractivity contribution < 1.29 is 9.13 Å². The summed E-state index contributed by atoms with van der Waals surface area (Å²) in [6, 6.07) is 6.46. The Morgan fingerprint density at radius 1 is 1.31 bits per heavy atom. The van der Waals surface area contributed by atoms with Gasteiger partial charge in [0, 0.05) is 13.1 Å². The van der Waals surface area contributed by atoms with E-state index in [1.165, 1.54) is 38.4 Å². The molecular weight excluding hydrogens is 331 g/mol. The predicted octanol–water partition coefficient (Wildman–Crippen LogP) is 2.88. The maximum Gasteiger partial charge on any atom is 0.191 e. The molecule has 1 saturated heterocycles. The van der Waals surface area contributed by atoms with Crippen LogP contribution in [0, 0.1) is 11.7 Å². The second-order valence-electron chi connectivity index (χ2n) is 7.04. The monoisotopic (exact) mass is 364 g/mol. The number of halogens is 1. The minimum atomic E-state index is -0.341. The van der Waals surface area contributed by atoms with Gasteiger partial charge < -0.3 is 20.3 Å². The van der Waals surface area contributed by atoms with Gasteiger partial charge >= 0.3 is 0 Å². The molecule has 2 N–H and O–H groups in total. The van der Waals surface area contributed by atoms with Gasteiger partial charge in [-0.3, -0.25) is 0 Å². The van der Waals surface area contributed by atoms with Crippen molar-refractivity contribution >= 4 is 5.96 Å². The third kappa shape index (κ3) is 7.20. The number of rotatable bonds is 8. The van der Waals surface area contributed by atoms with E-state index >= 15 is 0 Å². The Bertz CT molecular complexity index is 558. The lowest BCUT2D eigenvalue weighted by Gasteiger charge is -2.29. The molecule has 0 amide bonds. The fourth-order valence-electron chi connectivity index (χ4n) is 3.10. The summed E-state index contributed by atoms with van der Waals surface area (Å²) in [6.07, 6.45) is 3.52. The maximum atomic E-state index is 13.6. The number of likely N-dealkylation sites (tertiary alicyclic amines) is 1. The Balaban J connectivity index is 1.75. The molecule has 1 heterocycles. The highest BCUT2D eigenvalue weighted by Gasteiger charge is 2.16. The second-order valence-corrected chi connectivity index (χ2v) is 7.04. The molecule has 26 heavy (non-hydrogen) atoms. The van der Waals surface area contributed by atoms with Crippen LogP contribution in [0.5, 0.6) is 5.75 Å².